The van der Waals surface area contributed by atoms with Crippen LogP contribution in [0.25, 0.3) is 10.1 Å². The Morgan fingerprint density at radius 1 is 1.44 bits per heavy atom. The Bertz CT molecular complexity index is 519. The van der Waals surface area contributed by atoms with Crippen LogP contribution in [0.15, 0.2) is 24.3 Å². The van der Waals surface area contributed by atoms with Crippen LogP contribution in [0.5, 0.6) is 0 Å². The molecule has 0 N–H and O–H groups in total. The zero-order chi connectivity index (χ0) is 11.5. The molecule has 0 fully saturated rings. The van der Waals surface area contributed by atoms with Crippen molar-refractivity contribution in [1.82, 2.24) is 0 Å². The number of fused-ring (bicyclic) bond motifs is 1. The van der Waals surface area contributed by atoms with Gasteiger partial charge in [0.15, 0.2) is 0 Å². The first kappa shape index (κ1) is 11.4. The van der Waals surface area contributed by atoms with E-state index in [1.807, 2.05) is 31.2 Å². The third kappa shape index (κ3) is 2.06. The fourth-order valence-corrected chi connectivity index (χ4v) is 2.81. The average molecular weight is 255 g/mol. The third-order valence-corrected chi connectivity index (χ3v) is 3.81. The number of thiophene rings is 1. The number of benzene rings is 1. The molecule has 16 heavy (non-hydrogen) atoms. The van der Waals surface area contributed by atoms with Gasteiger partial charge < -0.3 is 4.74 Å². The fourth-order valence-electron chi connectivity index (χ4n) is 1.41. The lowest BCUT2D eigenvalue weighted by Gasteiger charge is -2.00. The number of hydrogen-bond donors (Lipinski definition) is 0. The zero-order valence-electron chi connectivity index (χ0n) is 8.83. The zero-order valence-corrected chi connectivity index (χ0v) is 10.4. The molecule has 2 nitrogen and oxygen atoms in total. The molecule has 0 aliphatic carbocycles. The number of rotatable bonds is 3. The van der Waals surface area contributed by atoms with E-state index in [2.05, 4.69) is 0 Å². The summed E-state index contributed by atoms with van der Waals surface area (Å²) in [4.78, 5) is 12.2. The van der Waals surface area contributed by atoms with Gasteiger partial charge in [-0.1, -0.05) is 36.7 Å². The van der Waals surface area contributed by atoms with E-state index < -0.39 is 0 Å². The Kier molecular flexibility index (Phi) is 3.46. The molecule has 0 aliphatic rings. The van der Waals surface area contributed by atoms with E-state index in [0.29, 0.717) is 16.5 Å². The van der Waals surface area contributed by atoms with Crippen molar-refractivity contribution in [3.05, 3.63) is 34.2 Å². The number of carbonyl (C=O) groups is 1. The van der Waals surface area contributed by atoms with E-state index in [4.69, 9.17) is 16.3 Å². The molecular formula is C12H11ClO2S. The topological polar surface area (TPSA) is 26.3 Å². The van der Waals surface area contributed by atoms with Crippen molar-refractivity contribution in [1.29, 1.82) is 0 Å². The molecule has 2 aromatic rings. The van der Waals surface area contributed by atoms with Crippen LogP contribution in [0.4, 0.5) is 0 Å². The Morgan fingerprint density at radius 2 is 2.19 bits per heavy atom. The molecule has 1 aromatic heterocycles. The molecule has 1 heterocycles. The molecule has 0 saturated carbocycles. The highest BCUT2D eigenvalue weighted by Gasteiger charge is 2.17. The van der Waals surface area contributed by atoms with Gasteiger partial charge in [0, 0.05) is 10.1 Å². The van der Waals surface area contributed by atoms with Crippen LogP contribution in [-0.2, 0) is 4.74 Å². The molecule has 0 bridgehead atoms. The standard InChI is InChI=1S/C12H11ClO2S/c1-2-7-15-12(14)11-10(13)8-5-3-4-6-9(8)16-11/h3-6H,2,7H2,1H3. The SMILES string of the molecule is CCCOC(=O)c1sc2ccccc2c1Cl. The van der Waals surface area contributed by atoms with E-state index >= 15 is 0 Å². The second-order valence-electron chi connectivity index (χ2n) is 3.38. The van der Waals surface area contributed by atoms with Crippen LogP contribution in [0.2, 0.25) is 5.02 Å². The van der Waals surface area contributed by atoms with Crippen LogP contribution in [-0.4, -0.2) is 12.6 Å². The summed E-state index contributed by atoms with van der Waals surface area (Å²) in [6.45, 7) is 2.39. The maximum absolute atomic E-state index is 11.7. The fraction of sp³-hybridized carbons (Fsp3) is 0.250. The van der Waals surface area contributed by atoms with Gasteiger partial charge in [0.2, 0.25) is 0 Å². The molecule has 0 saturated heterocycles. The Hall–Kier alpha value is -1.06. The van der Waals surface area contributed by atoms with Crippen molar-refractivity contribution in [2.75, 3.05) is 6.61 Å². The van der Waals surface area contributed by atoms with Crippen LogP contribution in [0, 0.1) is 0 Å². The van der Waals surface area contributed by atoms with Crippen LogP contribution in [0.1, 0.15) is 23.0 Å². The molecule has 0 radical (unpaired) electrons. The minimum Gasteiger partial charge on any atom is -0.461 e. The summed E-state index contributed by atoms with van der Waals surface area (Å²) in [7, 11) is 0. The van der Waals surface area contributed by atoms with E-state index in [1.54, 1.807) is 0 Å². The summed E-state index contributed by atoms with van der Waals surface area (Å²) >= 11 is 7.52. The monoisotopic (exact) mass is 254 g/mol. The first-order valence-corrected chi connectivity index (χ1v) is 6.27. The predicted molar refractivity (Wildman–Crippen MR) is 67.4 cm³/mol. The smallest absolute Gasteiger partial charge is 0.349 e. The Morgan fingerprint density at radius 3 is 2.88 bits per heavy atom. The highest BCUT2D eigenvalue weighted by molar-refractivity contribution is 7.21. The minimum absolute atomic E-state index is 0.326. The number of carbonyl (C=O) groups excluding carboxylic acids is 1. The van der Waals surface area contributed by atoms with Gasteiger partial charge in [-0.05, 0) is 12.5 Å². The van der Waals surface area contributed by atoms with Gasteiger partial charge >= 0.3 is 5.97 Å². The lowest BCUT2D eigenvalue weighted by Crippen LogP contribution is -2.03. The quantitative estimate of drug-likeness (QED) is 0.770. The molecule has 0 atom stereocenters. The second-order valence-corrected chi connectivity index (χ2v) is 4.81. The first-order valence-electron chi connectivity index (χ1n) is 5.08. The van der Waals surface area contributed by atoms with E-state index in [9.17, 15) is 4.79 Å². The molecule has 0 aliphatic heterocycles. The van der Waals surface area contributed by atoms with Crippen molar-refractivity contribution >= 4 is 39.0 Å². The molecule has 0 amide bonds. The summed E-state index contributed by atoms with van der Waals surface area (Å²) in [5.74, 6) is -0.326. The van der Waals surface area contributed by atoms with Gasteiger partial charge in [-0.25, -0.2) is 4.79 Å². The second kappa shape index (κ2) is 4.85. The van der Waals surface area contributed by atoms with Crippen molar-refractivity contribution < 1.29 is 9.53 Å². The number of esters is 1. The predicted octanol–water partition coefficient (Wildman–Crippen LogP) is 4.12. The molecule has 0 unspecified atom stereocenters. The summed E-state index contributed by atoms with van der Waals surface area (Å²) in [5, 5.41) is 1.42. The van der Waals surface area contributed by atoms with E-state index in [0.717, 1.165) is 16.5 Å². The number of hydrogen-bond acceptors (Lipinski definition) is 3. The van der Waals surface area contributed by atoms with Crippen molar-refractivity contribution in [2.24, 2.45) is 0 Å². The summed E-state index contributed by atoms with van der Waals surface area (Å²) in [6.07, 6.45) is 0.814. The van der Waals surface area contributed by atoms with Gasteiger partial charge in [0.1, 0.15) is 4.88 Å². The molecular weight excluding hydrogens is 244 g/mol. The number of ether oxygens (including phenoxy) is 1. The maximum Gasteiger partial charge on any atom is 0.349 e. The van der Waals surface area contributed by atoms with Gasteiger partial charge in [0.05, 0.1) is 11.6 Å². The maximum atomic E-state index is 11.7. The summed E-state index contributed by atoms with van der Waals surface area (Å²) in [6, 6.07) is 7.69. The normalized spacial score (nSPS) is 10.6. The van der Waals surface area contributed by atoms with E-state index in [-0.39, 0.29) is 5.97 Å². The Balaban J connectivity index is 2.37. The highest BCUT2D eigenvalue weighted by Crippen LogP contribution is 2.35. The van der Waals surface area contributed by atoms with Crippen LogP contribution >= 0.6 is 22.9 Å². The van der Waals surface area contributed by atoms with Crippen molar-refractivity contribution in [3.63, 3.8) is 0 Å². The van der Waals surface area contributed by atoms with Crippen LogP contribution in [0.3, 0.4) is 0 Å². The third-order valence-electron chi connectivity index (χ3n) is 2.16. The van der Waals surface area contributed by atoms with E-state index in [1.165, 1.54) is 11.3 Å². The summed E-state index contributed by atoms with van der Waals surface area (Å²) in [5.41, 5.74) is 0. The highest BCUT2D eigenvalue weighted by atomic mass is 35.5. The lowest BCUT2D eigenvalue weighted by molar-refractivity contribution is 0.0511. The first-order chi connectivity index (χ1) is 7.74. The van der Waals surface area contributed by atoms with Crippen molar-refractivity contribution in [3.8, 4) is 0 Å². The van der Waals surface area contributed by atoms with Crippen molar-refractivity contribution in [2.45, 2.75) is 13.3 Å². The molecule has 0 spiro atoms. The van der Waals surface area contributed by atoms with Gasteiger partial charge in [0.25, 0.3) is 0 Å². The Labute approximate surface area is 103 Å². The summed E-state index contributed by atoms with van der Waals surface area (Å²) < 4.78 is 6.08. The molecule has 1 aromatic carbocycles. The van der Waals surface area contributed by atoms with Gasteiger partial charge in [-0.3, -0.25) is 0 Å². The lowest BCUT2D eigenvalue weighted by atomic mass is 10.2. The molecule has 4 heteroatoms. The largest absolute Gasteiger partial charge is 0.461 e. The molecule has 84 valence electrons. The number of halogens is 1. The van der Waals surface area contributed by atoms with Crippen LogP contribution < -0.4 is 0 Å². The van der Waals surface area contributed by atoms with Gasteiger partial charge in [-0.15, -0.1) is 11.3 Å². The minimum atomic E-state index is -0.326. The molecule has 2 rings (SSSR count). The average Bonchev–Trinajstić information content (AvgIpc) is 2.64. The van der Waals surface area contributed by atoms with Gasteiger partial charge in [-0.2, -0.15) is 0 Å².